The van der Waals surface area contributed by atoms with Gasteiger partial charge < -0.3 is 5.32 Å². The summed E-state index contributed by atoms with van der Waals surface area (Å²) in [5.74, 6) is 2.06. The molecular weight excluding hydrogens is 264 g/mol. The summed E-state index contributed by atoms with van der Waals surface area (Å²) in [5, 5.41) is 3.11. The van der Waals surface area contributed by atoms with Gasteiger partial charge in [-0.05, 0) is 43.9 Å². The van der Waals surface area contributed by atoms with Crippen molar-refractivity contribution in [1.29, 1.82) is 0 Å². The zero-order valence-corrected chi connectivity index (χ0v) is 12.2. The van der Waals surface area contributed by atoms with Crippen LogP contribution in [0.4, 0.5) is 0 Å². The molecule has 0 spiro atoms. The summed E-state index contributed by atoms with van der Waals surface area (Å²) in [5.41, 5.74) is 0. The molecule has 5 nitrogen and oxygen atoms in total. The zero-order chi connectivity index (χ0) is 13.6. The van der Waals surface area contributed by atoms with Crippen molar-refractivity contribution in [2.24, 2.45) is 17.8 Å². The lowest BCUT2D eigenvalue weighted by molar-refractivity contribution is -0.126. The predicted octanol–water partition coefficient (Wildman–Crippen LogP) is 0.573. The monoisotopic (exact) mass is 286 g/mol. The van der Waals surface area contributed by atoms with E-state index in [1.807, 2.05) is 0 Å². The number of carbonyl (C=O) groups excluding carboxylic acids is 1. The highest BCUT2D eigenvalue weighted by molar-refractivity contribution is 7.88. The molecule has 1 amide bonds. The number of hydrogen-bond acceptors (Lipinski definition) is 3. The molecule has 0 aromatic carbocycles. The highest BCUT2D eigenvalue weighted by Crippen LogP contribution is 2.54. The van der Waals surface area contributed by atoms with Crippen LogP contribution >= 0.6 is 0 Å². The second kappa shape index (κ2) is 4.74. The number of nitrogens with one attached hydrogen (secondary N) is 1. The standard InChI is InChI=1S/C13H22N2O3S/c1-19(17,18)15-4-2-12(3-5-15)14-13(16)11-7-9-6-10(9)8-11/h9-12H,2-8H2,1H3,(H,14,16). The highest BCUT2D eigenvalue weighted by atomic mass is 32.2. The van der Waals surface area contributed by atoms with Crippen LogP contribution in [0.3, 0.4) is 0 Å². The number of carbonyl (C=O) groups is 1. The first kappa shape index (κ1) is 13.4. The first-order valence-electron chi connectivity index (χ1n) is 7.19. The van der Waals surface area contributed by atoms with Gasteiger partial charge in [0.1, 0.15) is 0 Å². The molecule has 2 unspecified atom stereocenters. The van der Waals surface area contributed by atoms with Crippen molar-refractivity contribution >= 4 is 15.9 Å². The molecule has 2 atom stereocenters. The Hall–Kier alpha value is -0.620. The Morgan fingerprint density at radius 1 is 1.11 bits per heavy atom. The number of hydrogen-bond donors (Lipinski definition) is 1. The van der Waals surface area contributed by atoms with Gasteiger partial charge in [-0.2, -0.15) is 0 Å². The number of rotatable bonds is 3. The zero-order valence-electron chi connectivity index (χ0n) is 11.3. The van der Waals surface area contributed by atoms with E-state index in [1.165, 1.54) is 17.0 Å². The van der Waals surface area contributed by atoms with E-state index in [2.05, 4.69) is 5.32 Å². The van der Waals surface area contributed by atoms with E-state index < -0.39 is 10.0 Å². The third kappa shape index (κ3) is 2.94. The summed E-state index contributed by atoms with van der Waals surface area (Å²) in [7, 11) is -3.07. The van der Waals surface area contributed by atoms with Crippen LogP contribution in [0.1, 0.15) is 32.1 Å². The Kier molecular flexibility index (Phi) is 3.33. The number of fused-ring (bicyclic) bond motifs is 1. The second-order valence-electron chi connectivity index (χ2n) is 6.37. The molecule has 0 radical (unpaired) electrons. The molecule has 6 heteroatoms. The fourth-order valence-electron chi connectivity index (χ4n) is 3.58. The van der Waals surface area contributed by atoms with Crippen LogP contribution in [-0.4, -0.2) is 44.0 Å². The van der Waals surface area contributed by atoms with Crippen molar-refractivity contribution < 1.29 is 13.2 Å². The smallest absolute Gasteiger partial charge is 0.223 e. The predicted molar refractivity (Wildman–Crippen MR) is 71.9 cm³/mol. The second-order valence-corrected chi connectivity index (χ2v) is 8.35. The Balaban J connectivity index is 1.45. The summed E-state index contributed by atoms with van der Waals surface area (Å²) in [6.45, 7) is 1.05. The van der Waals surface area contributed by atoms with E-state index in [1.54, 1.807) is 0 Å². The lowest BCUT2D eigenvalue weighted by atomic mass is 10.0. The molecule has 0 aromatic heterocycles. The van der Waals surface area contributed by atoms with Crippen LogP contribution in [-0.2, 0) is 14.8 Å². The van der Waals surface area contributed by atoms with Gasteiger partial charge in [-0.25, -0.2) is 12.7 Å². The average molecular weight is 286 g/mol. The lowest BCUT2D eigenvalue weighted by Gasteiger charge is -2.31. The van der Waals surface area contributed by atoms with Gasteiger partial charge in [-0.3, -0.25) is 4.79 Å². The van der Waals surface area contributed by atoms with E-state index >= 15 is 0 Å². The molecule has 3 fully saturated rings. The molecule has 3 aliphatic rings. The molecule has 1 aliphatic heterocycles. The summed E-state index contributed by atoms with van der Waals surface area (Å²) in [4.78, 5) is 12.1. The Labute approximate surface area is 114 Å². The van der Waals surface area contributed by atoms with Crippen LogP contribution in [0.15, 0.2) is 0 Å². The maximum absolute atomic E-state index is 12.1. The summed E-state index contributed by atoms with van der Waals surface area (Å²) in [6, 6.07) is 0.155. The third-order valence-electron chi connectivity index (χ3n) is 4.88. The topological polar surface area (TPSA) is 66.5 Å². The van der Waals surface area contributed by atoms with Crippen molar-refractivity contribution in [2.75, 3.05) is 19.3 Å². The number of piperidine rings is 1. The van der Waals surface area contributed by atoms with Crippen molar-refractivity contribution in [3.63, 3.8) is 0 Å². The van der Waals surface area contributed by atoms with Crippen molar-refractivity contribution in [2.45, 2.75) is 38.1 Å². The molecule has 1 N–H and O–H groups in total. The summed E-state index contributed by atoms with van der Waals surface area (Å²) in [6.07, 6.45) is 6.18. The minimum Gasteiger partial charge on any atom is -0.353 e. The molecular formula is C13H22N2O3S. The van der Waals surface area contributed by atoms with E-state index in [0.717, 1.165) is 37.5 Å². The van der Waals surface area contributed by atoms with Crippen LogP contribution in [0.2, 0.25) is 0 Å². The quantitative estimate of drug-likeness (QED) is 0.825. The Morgan fingerprint density at radius 3 is 2.21 bits per heavy atom. The van der Waals surface area contributed by atoms with Gasteiger partial charge in [0.05, 0.1) is 6.26 Å². The molecule has 1 saturated heterocycles. The van der Waals surface area contributed by atoms with Gasteiger partial charge in [0.2, 0.25) is 15.9 Å². The number of sulfonamides is 1. The normalized spacial score (nSPS) is 35.9. The Bertz CT molecular complexity index is 458. The summed E-state index contributed by atoms with van der Waals surface area (Å²) >= 11 is 0. The van der Waals surface area contributed by atoms with Crippen molar-refractivity contribution in [3.05, 3.63) is 0 Å². The fourth-order valence-corrected chi connectivity index (χ4v) is 4.45. The Morgan fingerprint density at radius 2 is 1.68 bits per heavy atom. The molecule has 0 aromatic rings. The van der Waals surface area contributed by atoms with Crippen LogP contribution < -0.4 is 5.32 Å². The maximum atomic E-state index is 12.1. The largest absolute Gasteiger partial charge is 0.353 e. The van der Waals surface area contributed by atoms with Gasteiger partial charge in [0.25, 0.3) is 0 Å². The first-order chi connectivity index (χ1) is 8.93. The maximum Gasteiger partial charge on any atom is 0.223 e. The fraction of sp³-hybridized carbons (Fsp3) is 0.923. The average Bonchev–Trinajstić information content (AvgIpc) is 2.95. The van der Waals surface area contributed by atoms with Crippen LogP contribution in [0, 0.1) is 17.8 Å². The molecule has 3 rings (SSSR count). The molecule has 1 heterocycles. The van der Waals surface area contributed by atoms with Crippen LogP contribution in [0.5, 0.6) is 0 Å². The lowest BCUT2D eigenvalue weighted by Crippen LogP contribution is -2.47. The minimum atomic E-state index is -3.07. The van der Waals surface area contributed by atoms with Gasteiger partial charge >= 0.3 is 0 Å². The minimum absolute atomic E-state index is 0.155. The molecule has 108 valence electrons. The van der Waals surface area contributed by atoms with Crippen molar-refractivity contribution in [1.82, 2.24) is 9.62 Å². The highest BCUT2D eigenvalue weighted by Gasteiger charge is 2.48. The van der Waals surface area contributed by atoms with E-state index in [4.69, 9.17) is 0 Å². The van der Waals surface area contributed by atoms with Gasteiger partial charge in [0.15, 0.2) is 0 Å². The third-order valence-corrected chi connectivity index (χ3v) is 6.19. The van der Waals surface area contributed by atoms with E-state index in [-0.39, 0.29) is 17.9 Å². The number of amides is 1. The van der Waals surface area contributed by atoms with E-state index in [0.29, 0.717) is 13.1 Å². The molecule has 2 aliphatic carbocycles. The van der Waals surface area contributed by atoms with Gasteiger partial charge in [0, 0.05) is 25.0 Å². The first-order valence-corrected chi connectivity index (χ1v) is 9.04. The molecule has 0 bridgehead atoms. The van der Waals surface area contributed by atoms with Crippen molar-refractivity contribution in [3.8, 4) is 0 Å². The molecule has 2 saturated carbocycles. The van der Waals surface area contributed by atoms with Gasteiger partial charge in [-0.15, -0.1) is 0 Å². The van der Waals surface area contributed by atoms with Gasteiger partial charge in [-0.1, -0.05) is 0 Å². The SMILES string of the molecule is CS(=O)(=O)N1CCC(NC(=O)C2CC3CC3C2)CC1. The summed E-state index contributed by atoms with van der Waals surface area (Å²) < 4.78 is 24.3. The number of nitrogens with zero attached hydrogens (tertiary/aromatic N) is 1. The van der Waals surface area contributed by atoms with Crippen LogP contribution in [0.25, 0.3) is 0 Å². The molecule has 19 heavy (non-hydrogen) atoms. The van der Waals surface area contributed by atoms with E-state index in [9.17, 15) is 13.2 Å².